The number of methoxy groups -OCH3 is 1. The Kier molecular flexibility index (Phi) is 6.88. The zero-order valence-electron chi connectivity index (χ0n) is 19.3. The number of amides is 1. The number of carbonyl (C=O) groups is 1. The Morgan fingerprint density at radius 3 is 2.59 bits per heavy atom. The third-order valence-corrected chi connectivity index (χ3v) is 5.56. The van der Waals surface area contributed by atoms with Crippen LogP contribution in [0.2, 0.25) is 0 Å². The molecular formula is C26H26F2N4O2. The predicted molar refractivity (Wildman–Crippen MR) is 127 cm³/mol. The van der Waals surface area contributed by atoms with Gasteiger partial charge in [-0.3, -0.25) is 9.78 Å². The summed E-state index contributed by atoms with van der Waals surface area (Å²) in [6.45, 7) is 1.06. The highest BCUT2D eigenvalue weighted by Crippen LogP contribution is 2.31. The van der Waals surface area contributed by atoms with Gasteiger partial charge in [0, 0.05) is 36.4 Å². The first kappa shape index (κ1) is 23.4. The molecule has 2 aromatic carbocycles. The predicted octanol–water partition coefficient (Wildman–Crippen LogP) is 4.36. The highest BCUT2D eigenvalue weighted by Gasteiger charge is 2.24. The van der Waals surface area contributed by atoms with Crippen molar-refractivity contribution >= 4 is 16.8 Å². The zero-order valence-corrected chi connectivity index (χ0v) is 19.3. The van der Waals surface area contributed by atoms with Crippen LogP contribution in [0.3, 0.4) is 0 Å². The van der Waals surface area contributed by atoms with E-state index >= 15 is 0 Å². The molecule has 2 aromatic heterocycles. The molecule has 1 amide bonds. The van der Waals surface area contributed by atoms with Crippen LogP contribution >= 0.6 is 0 Å². The van der Waals surface area contributed by atoms with Crippen LogP contribution in [0, 0.1) is 11.6 Å². The number of rotatable bonds is 8. The lowest BCUT2D eigenvalue weighted by atomic mass is 10.1. The second-order valence-corrected chi connectivity index (χ2v) is 8.28. The molecule has 0 aliphatic heterocycles. The second kappa shape index (κ2) is 10.0. The quantitative estimate of drug-likeness (QED) is 0.421. The van der Waals surface area contributed by atoms with Crippen molar-refractivity contribution in [3.05, 3.63) is 94.9 Å². The van der Waals surface area contributed by atoms with E-state index in [1.54, 1.807) is 13.3 Å². The molecule has 0 fully saturated rings. The van der Waals surface area contributed by atoms with Crippen LogP contribution < -0.4 is 10.1 Å². The molecule has 0 radical (unpaired) electrons. The molecule has 2 heterocycles. The number of fused-ring (bicyclic) bond motifs is 1. The van der Waals surface area contributed by atoms with E-state index in [2.05, 4.69) is 14.9 Å². The summed E-state index contributed by atoms with van der Waals surface area (Å²) in [4.78, 5) is 19.9. The summed E-state index contributed by atoms with van der Waals surface area (Å²) in [7, 11) is 5.47. The van der Waals surface area contributed by atoms with Crippen molar-refractivity contribution in [2.24, 2.45) is 0 Å². The SMILES string of the molecule is COc1ccc2c(C(=O)NCc3ccc(F)c(F)c3)c(CN(C)C)n(Cc3ccccn3)c2c1. The fraction of sp³-hybridized carbons (Fsp3) is 0.231. The molecule has 8 heteroatoms. The minimum absolute atomic E-state index is 0.0699. The summed E-state index contributed by atoms with van der Waals surface area (Å²) in [5, 5.41) is 3.64. The average Bonchev–Trinajstić information content (AvgIpc) is 3.11. The number of halogens is 2. The minimum Gasteiger partial charge on any atom is -0.497 e. The van der Waals surface area contributed by atoms with Gasteiger partial charge in [0.25, 0.3) is 5.91 Å². The van der Waals surface area contributed by atoms with Crippen LogP contribution in [-0.2, 0) is 19.6 Å². The van der Waals surface area contributed by atoms with Gasteiger partial charge in [0.2, 0.25) is 0 Å². The maximum Gasteiger partial charge on any atom is 0.254 e. The topological polar surface area (TPSA) is 59.4 Å². The van der Waals surface area contributed by atoms with Crippen molar-refractivity contribution in [1.82, 2.24) is 19.8 Å². The van der Waals surface area contributed by atoms with Crippen molar-refractivity contribution in [3.63, 3.8) is 0 Å². The average molecular weight is 465 g/mol. The van der Waals surface area contributed by atoms with Crippen molar-refractivity contribution in [2.75, 3.05) is 21.2 Å². The molecule has 6 nitrogen and oxygen atoms in total. The van der Waals surface area contributed by atoms with E-state index in [-0.39, 0.29) is 12.5 Å². The summed E-state index contributed by atoms with van der Waals surface area (Å²) in [6.07, 6.45) is 1.74. The normalized spacial score (nSPS) is 11.2. The molecule has 4 aromatic rings. The Morgan fingerprint density at radius 1 is 1.09 bits per heavy atom. The lowest BCUT2D eigenvalue weighted by Gasteiger charge is -2.16. The first-order valence-electron chi connectivity index (χ1n) is 10.8. The van der Waals surface area contributed by atoms with Gasteiger partial charge in [-0.25, -0.2) is 8.78 Å². The third-order valence-electron chi connectivity index (χ3n) is 5.56. The van der Waals surface area contributed by atoms with E-state index in [4.69, 9.17) is 4.74 Å². The summed E-state index contributed by atoms with van der Waals surface area (Å²) >= 11 is 0. The minimum atomic E-state index is -0.945. The Bertz CT molecular complexity index is 1320. The van der Waals surface area contributed by atoms with Gasteiger partial charge < -0.3 is 19.5 Å². The molecule has 0 atom stereocenters. The van der Waals surface area contributed by atoms with Crippen molar-refractivity contribution in [3.8, 4) is 5.75 Å². The van der Waals surface area contributed by atoms with Gasteiger partial charge in [0.1, 0.15) is 5.75 Å². The molecule has 0 aliphatic rings. The van der Waals surface area contributed by atoms with Crippen molar-refractivity contribution < 1.29 is 18.3 Å². The van der Waals surface area contributed by atoms with Crippen molar-refractivity contribution in [1.29, 1.82) is 0 Å². The van der Waals surface area contributed by atoms with Gasteiger partial charge in [-0.1, -0.05) is 12.1 Å². The van der Waals surface area contributed by atoms with E-state index < -0.39 is 11.6 Å². The second-order valence-electron chi connectivity index (χ2n) is 8.28. The number of nitrogens with zero attached hydrogens (tertiary/aromatic N) is 3. The molecule has 0 saturated carbocycles. The van der Waals surface area contributed by atoms with E-state index in [0.29, 0.717) is 30.0 Å². The van der Waals surface area contributed by atoms with E-state index in [1.165, 1.54) is 6.07 Å². The van der Waals surface area contributed by atoms with Crippen LogP contribution in [0.1, 0.15) is 27.3 Å². The number of hydrogen-bond acceptors (Lipinski definition) is 4. The summed E-state index contributed by atoms with van der Waals surface area (Å²) in [5.74, 6) is -1.48. The molecule has 0 aliphatic carbocycles. The molecule has 0 saturated heterocycles. The number of ether oxygens (including phenoxy) is 1. The summed E-state index contributed by atoms with van der Waals surface area (Å²) in [6, 6.07) is 14.9. The fourth-order valence-electron chi connectivity index (χ4n) is 3.98. The maximum atomic E-state index is 13.6. The van der Waals surface area contributed by atoms with Gasteiger partial charge in [0.05, 0.1) is 30.4 Å². The number of hydrogen-bond donors (Lipinski definition) is 1. The Balaban J connectivity index is 1.78. The number of benzene rings is 2. The fourth-order valence-corrected chi connectivity index (χ4v) is 3.98. The third kappa shape index (κ3) is 4.92. The van der Waals surface area contributed by atoms with Gasteiger partial charge >= 0.3 is 0 Å². The Labute approximate surface area is 196 Å². The largest absolute Gasteiger partial charge is 0.497 e. The van der Waals surface area contributed by atoms with Gasteiger partial charge in [0.15, 0.2) is 11.6 Å². The molecule has 34 heavy (non-hydrogen) atoms. The lowest BCUT2D eigenvalue weighted by Crippen LogP contribution is -2.26. The molecule has 0 bridgehead atoms. The van der Waals surface area contributed by atoms with Crippen LogP contribution in [0.15, 0.2) is 60.8 Å². The van der Waals surface area contributed by atoms with Crippen LogP contribution in [0.4, 0.5) is 8.78 Å². The van der Waals surface area contributed by atoms with Gasteiger partial charge in [-0.15, -0.1) is 0 Å². The highest BCUT2D eigenvalue weighted by atomic mass is 19.2. The monoisotopic (exact) mass is 464 g/mol. The molecule has 176 valence electrons. The Morgan fingerprint density at radius 2 is 1.91 bits per heavy atom. The molecular weight excluding hydrogens is 438 g/mol. The van der Waals surface area contributed by atoms with Crippen LogP contribution in [0.5, 0.6) is 5.75 Å². The number of aromatic nitrogens is 2. The highest BCUT2D eigenvalue weighted by molar-refractivity contribution is 6.08. The number of nitrogens with one attached hydrogen (secondary N) is 1. The first-order chi connectivity index (χ1) is 16.4. The molecule has 0 unspecified atom stereocenters. The molecule has 0 spiro atoms. The number of carbonyl (C=O) groups excluding carboxylic acids is 1. The smallest absolute Gasteiger partial charge is 0.254 e. The number of pyridine rings is 1. The first-order valence-corrected chi connectivity index (χ1v) is 10.8. The maximum absolute atomic E-state index is 13.6. The van der Waals surface area contributed by atoms with Gasteiger partial charge in [-0.05, 0) is 56.1 Å². The van der Waals surface area contributed by atoms with Crippen molar-refractivity contribution in [2.45, 2.75) is 19.6 Å². The standard InChI is InChI=1S/C26H26F2N4O2/c1-31(2)16-24-25(26(33)30-14-17-7-10-21(27)22(28)12-17)20-9-8-19(34-3)13-23(20)32(24)15-18-6-4-5-11-29-18/h4-13H,14-16H2,1-3H3,(H,30,33). The zero-order chi connectivity index (χ0) is 24.2. The van der Waals surface area contributed by atoms with Crippen LogP contribution in [-0.4, -0.2) is 41.6 Å². The van der Waals surface area contributed by atoms with E-state index in [9.17, 15) is 13.6 Å². The molecule has 1 N–H and O–H groups in total. The summed E-state index contributed by atoms with van der Waals surface area (Å²) < 4.78 is 34.4. The van der Waals surface area contributed by atoms with E-state index in [0.717, 1.165) is 34.4 Å². The van der Waals surface area contributed by atoms with E-state index in [1.807, 2.05) is 55.4 Å². The summed E-state index contributed by atoms with van der Waals surface area (Å²) in [5.41, 5.74) is 3.53. The van der Waals surface area contributed by atoms with Gasteiger partial charge in [-0.2, -0.15) is 0 Å². The Hall–Kier alpha value is -3.78. The van der Waals surface area contributed by atoms with Crippen LogP contribution in [0.25, 0.3) is 10.9 Å². The molecule has 4 rings (SSSR count). The lowest BCUT2D eigenvalue weighted by molar-refractivity contribution is 0.0950.